The number of aromatic nitrogens is 1. The van der Waals surface area contributed by atoms with Crippen molar-refractivity contribution in [2.75, 3.05) is 45.2 Å². The highest BCUT2D eigenvalue weighted by atomic mass is 19.1. The smallest absolute Gasteiger partial charge is 0.189 e. The molecule has 1 aliphatic heterocycles. The van der Waals surface area contributed by atoms with E-state index >= 15 is 0 Å². The quantitative estimate of drug-likeness (QED) is 0.864. The summed E-state index contributed by atoms with van der Waals surface area (Å²) >= 11 is 0. The van der Waals surface area contributed by atoms with E-state index in [2.05, 4.69) is 16.5 Å². The molecule has 0 bridgehead atoms. The minimum Gasteiger partial charge on any atom is -0.492 e. The molecule has 0 radical (unpaired) electrons. The van der Waals surface area contributed by atoms with Crippen LogP contribution in [0.2, 0.25) is 0 Å². The minimum absolute atomic E-state index is 0.163. The van der Waals surface area contributed by atoms with Gasteiger partial charge in [0.2, 0.25) is 0 Å². The number of benzene rings is 1. The summed E-state index contributed by atoms with van der Waals surface area (Å²) in [4.78, 5) is 16.5. The molecule has 5 nitrogen and oxygen atoms in total. The first-order chi connectivity index (χ1) is 11.6. The number of piperazine rings is 1. The number of methoxy groups -OCH3 is 1. The highest BCUT2D eigenvalue weighted by Gasteiger charge is 2.29. The first-order valence-electron chi connectivity index (χ1n) is 8.45. The van der Waals surface area contributed by atoms with Crippen molar-refractivity contribution >= 4 is 16.6 Å². The predicted molar refractivity (Wildman–Crippen MR) is 92.7 cm³/mol. The summed E-state index contributed by atoms with van der Waals surface area (Å²) in [7, 11) is 3.62. The van der Waals surface area contributed by atoms with Gasteiger partial charge in [-0.2, -0.15) is 0 Å². The largest absolute Gasteiger partial charge is 0.492 e. The Hall–Kier alpha value is -2.08. The SMILES string of the molecule is COc1c(N2CCN(C)CC2)c(F)cc2c(=O)ccn(C3CC3)c12. The lowest BCUT2D eigenvalue weighted by Crippen LogP contribution is -2.45. The maximum absolute atomic E-state index is 14.9. The molecule has 2 heterocycles. The van der Waals surface area contributed by atoms with Crippen molar-refractivity contribution in [1.82, 2.24) is 9.47 Å². The van der Waals surface area contributed by atoms with Gasteiger partial charge in [0.15, 0.2) is 17.0 Å². The summed E-state index contributed by atoms with van der Waals surface area (Å²) in [6.07, 6.45) is 3.99. The minimum atomic E-state index is -0.380. The number of ether oxygens (including phenoxy) is 1. The summed E-state index contributed by atoms with van der Waals surface area (Å²) < 4.78 is 22.6. The van der Waals surface area contributed by atoms with Crippen LogP contribution in [0.1, 0.15) is 18.9 Å². The average molecular weight is 331 g/mol. The maximum atomic E-state index is 14.9. The Bertz CT molecular complexity index is 836. The van der Waals surface area contributed by atoms with Gasteiger partial charge in [-0.15, -0.1) is 0 Å². The number of pyridine rings is 1. The molecular formula is C18H22FN3O2. The van der Waals surface area contributed by atoms with Gasteiger partial charge in [-0.05, 0) is 26.0 Å². The summed E-state index contributed by atoms with van der Waals surface area (Å²) in [6, 6.07) is 3.29. The molecule has 0 unspecified atom stereocenters. The lowest BCUT2D eigenvalue weighted by atomic mass is 10.1. The van der Waals surface area contributed by atoms with Crippen LogP contribution in [0.15, 0.2) is 23.1 Å². The highest BCUT2D eigenvalue weighted by Crippen LogP contribution is 2.43. The highest BCUT2D eigenvalue weighted by molar-refractivity contribution is 5.91. The normalized spacial score (nSPS) is 19.0. The fourth-order valence-electron chi connectivity index (χ4n) is 3.54. The van der Waals surface area contributed by atoms with Crippen LogP contribution in [-0.2, 0) is 0 Å². The van der Waals surface area contributed by atoms with E-state index in [9.17, 15) is 9.18 Å². The van der Waals surface area contributed by atoms with Gasteiger partial charge in [-0.25, -0.2) is 4.39 Å². The molecule has 1 aromatic heterocycles. The van der Waals surface area contributed by atoms with Crippen molar-refractivity contribution in [3.8, 4) is 5.75 Å². The zero-order chi connectivity index (χ0) is 16.8. The molecule has 6 heteroatoms. The van der Waals surface area contributed by atoms with E-state index in [0.29, 0.717) is 22.9 Å². The van der Waals surface area contributed by atoms with Gasteiger partial charge in [0.1, 0.15) is 5.69 Å². The Morgan fingerprint density at radius 1 is 1.21 bits per heavy atom. The summed E-state index contributed by atoms with van der Waals surface area (Å²) in [6.45, 7) is 3.25. The van der Waals surface area contributed by atoms with Crippen LogP contribution in [0.25, 0.3) is 10.9 Å². The zero-order valence-electron chi connectivity index (χ0n) is 14.1. The Morgan fingerprint density at radius 3 is 2.54 bits per heavy atom. The van der Waals surface area contributed by atoms with Gasteiger partial charge in [0.05, 0.1) is 18.0 Å². The molecule has 0 amide bonds. The molecule has 1 saturated carbocycles. The molecule has 1 saturated heterocycles. The fourth-order valence-corrected chi connectivity index (χ4v) is 3.54. The van der Waals surface area contributed by atoms with Crippen LogP contribution in [-0.4, -0.2) is 49.8 Å². The van der Waals surface area contributed by atoms with E-state index in [1.165, 1.54) is 12.1 Å². The van der Waals surface area contributed by atoms with Crippen molar-refractivity contribution in [3.63, 3.8) is 0 Å². The molecule has 24 heavy (non-hydrogen) atoms. The first-order valence-corrected chi connectivity index (χ1v) is 8.45. The third-order valence-corrected chi connectivity index (χ3v) is 5.06. The molecule has 2 aliphatic rings. The Morgan fingerprint density at radius 2 is 1.92 bits per heavy atom. The van der Waals surface area contributed by atoms with E-state index in [-0.39, 0.29) is 11.2 Å². The molecule has 2 aromatic rings. The zero-order valence-corrected chi connectivity index (χ0v) is 14.1. The maximum Gasteiger partial charge on any atom is 0.189 e. The van der Waals surface area contributed by atoms with Gasteiger partial charge < -0.3 is 19.1 Å². The Kier molecular flexibility index (Phi) is 3.72. The summed E-state index contributed by atoms with van der Waals surface area (Å²) in [5.41, 5.74) is 1.05. The molecule has 2 fully saturated rings. The van der Waals surface area contributed by atoms with Crippen molar-refractivity contribution < 1.29 is 9.13 Å². The van der Waals surface area contributed by atoms with Gasteiger partial charge in [0, 0.05) is 44.5 Å². The lowest BCUT2D eigenvalue weighted by molar-refractivity contribution is 0.309. The monoisotopic (exact) mass is 331 g/mol. The summed E-state index contributed by atoms with van der Waals surface area (Å²) in [5.74, 6) is 0.105. The topological polar surface area (TPSA) is 37.7 Å². The average Bonchev–Trinajstić information content (AvgIpc) is 3.40. The molecule has 1 aromatic carbocycles. The van der Waals surface area contributed by atoms with Gasteiger partial charge in [0.25, 0.3) is 0 Å². The van der Waals surface area contributed by atoms with Crippen LogP contribution >= 0.6 is 0 Å². The third kappa shape index (κ3) is 2.45. The molecule has 128 valence electrons. The third-order valence-electron chi connectivity index (χ3n) is 5.06. The van der Waals surface area contributed by atoms with E-state index < -0.39 is 0 Å². The van der Waals surface area contributed by atoms with Crippen molar-refractivity contribution in [2.45, 2.75) is 18.9 Å². The molecule has 0 atom stereocenters. The lowest BCUT2D eigenvalue weighted by Gasteiger charge is -2.35. The van der Waals surface area contributed by atoms with Gasteiger partial charge >= 0.3 is 0 Å². The standard InChI is InChI=1S/C18H22FN3O2/c1-20-7-9-21(10-8-20)17-14(19)11-13-15(23)5-6-22(12-3-4-12)16(13)18(17)24-2/h5-6,11-12H,3-4,7-10H2,1-2H3. The van der Waals surface area contributed by atoms with Crippen molar-refractivity contribution in [1.29, 1.82) is 0 Å². The van der Waals surface area contributed by atoms with Crippen LogP contribution < -0.4 is 15.1 Å². The number of likely N-dealkylation sites (N-methyl/N-ethyl adjacent to an activating group) is 1. The second-order valence-electron chi connectivity index (χ2n) is 6.75. The number of halogens is 1. The van der Waals surface area contributed by atoms with E-state index in [0.717, 1.165) is 44.5 Å². The number of anilines is 1. The number of fused-ring (bicyclic) bond motifs is 1. The van der Waals surface area contributed by atoms with Crippen LogP contribution in [0.3, 0.4) is 0 Å². The number of rotatable bonds is 3. The number of hydrogen-bond donors (Lipinski definition) is 0. The fraction of sp³-hybridized carbons (Fsp3) is 0.500. The second-order valence-corrected chi connectivity index (χ2v) is 6.75. The molecular weight excluding hydrogens is 309 g/mol. The molecule has 0 spiro atoms. The predicted octanol–water partition coefficient (Wildman–Crippen LogP) is 2.24. The number of hydrogen-bond acceptors (Lipinski definition) is 4. The van der Waals surface area contributed by atoms with Crippen LogP contribution in [0, 0.1) is 5.82 Å². The van der Waals surface area contributed by atoms with Crippen LogP contribution in [0.4, 0.5) is 10.1 Å². The van der Waals surface area contributed by atoms with Gasteiger partial charge in [-0.3, -0.25) is 4.79 Å². The molecule has 1 aliphatic carbocycles. The molecule has 4 rings (SSSR count). The van der Waals surface area contributed by atoms with Gasteiger partial charge in [-0.1, -0.05) is 0 Å². The summed E-state index contributed by atoms with van der Waals surface area (Å²) in [5, 5.41) is 0.400. The Labute approximate surface area is 140 Å². The van der Waals surface area contributed by atoms with E-state index in [1.807, 2.05) is 11.1 Å². The van der Waals surface area contributed by atoms with Crippen molar-refractivity contribution in [2.24, 2.45) is 0 Å². The van der Waals surface area contributed by atoms with Crippen LogP contribution in [0.5, 0.6) is 5.75 Å². The van der Waals surface area contributed by atoms with Crippen molar-refractivity contribution in [3.05, 3.63) is 34.4 Å². The molecule has 0 N–H and O–H groups in total. The van der Waals surface area contributed by atoms with E-state index in [4.69, 9.17) is 4.74 Å². The Balaban J connectivity index is 1.95. The first kappa shape index (κ1) is 15.4. The van der Waals surface area contributed by atoms with E-state index in [1.54, 1.807) is 7.11 Å². The second kappa shape index (κ2) is 5.77. The number of nitrogens with zero attached hydrogens (tertiary/aromatic N) is 3.